The Bertz CT molecular complexity index is 1030. The molecule has 162 valence electrons. The van der Waals surface area contributed by atoms with E-state index in [-0.39, 0.29) is 5.91 Å². The van der Waals surface area contributed by atoms with Crippen molar-refractivity contribution in [1.82, 2.24) is 15.1 Å². The van der Waals surface area contributed by atoms with Crippen LogP contribution in [0.3, 0.4) is 0 Å². The van der Waals surface area contributed by atoms with E-state index in [1.807, 2.05) is 29.2 Å². The number of amides is 1. The van der Waals surface area contributed by atoms with Crippen LogP contribution in [0.1, 0.15) is 17.0 Å². The van der Waals surface area contributed by atoms with Crippen LogP contribution in [0.4, 0.5) is 5.69 Å². The molecule has 0 bridgehead atoms. The number of thioether (sulfide) groups is 1. The molecule has 7 nitrogen and oxygen atoms in total. The molecule has 4 rings (SSSR count). The maximum absolute atomic E-state index is 12.6. The van der Waals surface area contributed by atoms with E-state index in [0.29, 0.717) is 23.3 Å². The van der Waals surface area contributed by atoms with Gasteiger partial charge in [0, 0.05) is 31.9 Å². The molecule has 3 aromatic rings. The van der Waals surface area contributed by atoms with E-state index in [9.17, 15) is 4.79 Å². The van der Waals surface area contributed by atoms with Gasteiger partial charge in [0.15, 0.2) is 0 Å². The van der Waals surface area contributed by atoms with Crippen LogP contribution in [0.15, 0.2) is 58.2 Å². The van der Waals surface area contributed by atoms with Crippen LogP contribution in [0.25, 0.3) is 0 Å². The summed E-state index contributed by atoms with van der Waals surface area (Å²) >= 11 is 1.29. The summed E-state index contributed by atoms with van der Waals surface area (Å²) < 4.78 is 10.9. The molecule has 0 saturated carbocycles. The van der Waals surface area contributed by atoms with Crippen molar-refractivity contribution < 1.29 is 13.9 Å². The third kappa shape index (κ3) is 5.58. The number of piperazine rings is 1. The Kier molecular flexibility index (Phi) is 6.76. The van der Waals surface area contributed by atoms with Gasteiger partial charge in [0.1, 0.15) is 5.75 Å². The van der Waals surface area contributed by atoms with Gasteiger partial charge in [-0.1, -0.05) is 36.0 Å². The first-order chi connectivity index (χ1) is 15.1. The number of aryl methyl sites for hydroxylation is 1. The first kappa shape index (κ1) is 21.2. The van der Waals surface area contributed by atoms with Crippen LogP contribution < -0.4 is 9.64 Å². The predicted molar refractivity (Wildman–Crippen MR) is 121 cm³/mol. The molecule has 1 aliphatic heterocycles. The summed E-state index contributed by atoms with van der Waals surface area (Å²) in [7, 11) is 1.64. The van der Waals surface area contributed by atoms with Crippen molar-refractivity contribution in [3.63, 3.8) is 0 Å². The van der Waals surface area contributed by atoms with E-state index >= 15 is 0 Å². The van der Waals surface area contributed by atoms with Gasteiger partial charge in [0.25, 0.3) is 5.22 Å². The van der Waals surface area contributed by atoms with Crippen molar-refractivity contribution in [2.75, 3.05) is 43.9 Å². The summed E-state index contributed by atoms with van der Waals surface area (Å²) in [4.78, 5) is 16.9. The molecule has 0 N–H and O–H groups in total. The average molecular weight is 439 g/mol. The monoisotopic (exact) mass is 438 g/mol. The topological polar surface area (TPSA) is 71.7 Å². The van der Waals surface area contributed by atoms with Crippen molar-refractivity contribution in [1.29, 1.82) is 0 Å². The average Bonchev–Trinajstić information content (AvgIpc) is 3.25. The van der Waals surface area contributed by atoms with Crippen molar-refractivity contribution in [2.24, 2.45) is 0 Å². The van der Waals surface area contributed by atoms with Crippen molar-refractivity contribution in [2.45, 2.75) is 18.6 Å². The number of benzene rings is 2. The smallest absolute Gasteiger partial charge is 0.277 e. The quantitative estimate of drug-likeness (QED) is 0.524. The van der Waals surface area contributed by atoms with E-state index in [1.54, 1.807) is 7.11 Å². The molecule has 0 atom stereocenters. The summed E-state index contributed by atoms with van der Waals surface area (Å²) in [6.45, 7) is 5.22. The number of hydrogen-bond acceptors (Lipinski definition) is 7. The highest BCUT2D eigenvalue weighted by Gasteiger charge is 2.22. The van der Waals surface area contributed by atoms with Crippen LogP contribution in [0, 0.1) is 6.92 Å². The molecule has 0 unspecified atom stereocenters. The van der Waals surface area contributed by atoms with Gasteiger partial charge in [-0.25, -0.2) is 0 Å². The van der Waals surface area contributed by atoms with E-state index in [4.69, 9.17) is 9.15 Å². The van der Waals surface area contributed by atoms with Crippen LogP contribution in [0.2, 0.25) is 0 Å². The molecule has 1 fully saturated rings. The fourth-order valence-electron chi connectivity index (χ4n) is 3.58. The third-order valence-corrected chi connectivity index (χ3v) is 6.06. The van der Waals surface area contributed by atoms with E-state index in [0.717, 1.165) is 37.5 Å². The summed E-state index contributed by atoms with van der Waals surface area (Å²) in [6.07, 6.45) is 0.527. The Morgan fingerprint density at radius 2 is 1.90 bits per heavy atom. The summed E-state index contributed by atoms with van der Waals surface area (Å²) in [5.74, 6) is 1.71. The first-order valence-corrected chi connectivity index (χ1v) is 11.3. The molecule has 0 radical (unpaired) electrons. The zero-order valence-electron chi connectivity index (χ0n) is 17.8. The molecule has 31 heavy (non-hydrogen) atoms. The summed E-state index contributed by atoms with van der Waals surface area (Å²) in [6, 6.07) is 16.2. The highest BCUT2D eigenvalue weighted by atomic mass is 32.2. The molecule has 1 aliphatic rings. The number of carbonyl (C=O) groups is 1. The molecule has 1 amide bonds. The van der Waals surface area contributed by atoms with Gasteiger partial charge < -0.3 is 19.0 Å². The van der Waals surface area contributed by atoms with Crippen molar-refractivity contribution >= 4 is 23.4 Å². The summed E-state index contributed by atoms with van der Waals surface area (Å²) in [5, 5.41) is 8.59. The van der Waals surface area contributed by atoms with Gasteiger partial charge in [-0.2, -0.15) is 0 Å². The highest BCUT2D eigenvalue weighted by molar-refractivity contribution is 7.99. The zero-order valence-corrected chi connectivity index (χ0v) is 18.6. The van der Waals surface area contributed by atoms with E-state index in [2.05, 4.69) is 46.3 Å². The second kappa shape index (κ2) is 9.87. The number of nitrogens with zero attached hydrogens (tertiary/aromatic N) is 4. The molecule has 1 aromatic heterocycles. The van der Waals surface area contributed by atoms with Gasteiger partial charge in [0.2, 0.25) is 11.8 Å². The Morgan fingerprint density at radius 1 is 1.10 bits per heavy atom. The van der Waals surface area contributed by atoms with Crippen molar-refractivity contribution in [3.8, 4) is 5.75 Å². The Morgan fingerprint density at radius 3 is 2.68 bits per heavy atom. The van der Waals surface area contributed by atoms with Gasteiger partial charge in [-0.05, 0) is 42.3 Å². The molecule has 2 heterocycles. The lowest BCUT2D eigenvalue weighted by molar-refractivity contribution is -0.128. The zero-order chi connectivity index (χ0) is 21.6. The number of ether oxygens (including phenoxy) is 1. The molecule has 1 saturated heterocycles. The Balaban J connectivity index is 1.25. The lowest BCUT2D eigenvalue weighted by Crippen LogP contribution is -2.49. The molecule has 0 aliphatic carbocycles. The van der Waals surface area contributed by atoms with E-state index < -0.39 is 0 Å². The van der Waals surface area contributed by atoms with Crippen LogP contribution in [0.5, 0.6) is 5.75 Å². The minimum absolute atomic E-state index is 0.0986. The molecular formula is C23H26N4O3S. The van der Waals surface area contributed by atoms with Gasteiger partial charge >= 0.3 is 0 Å². The largest absolute Gasteiger partial charge is 0.497 e. The fourth-order valence-corrected chi connectivity index (χ4v) is 4.26. The van der Waals surface area contributed by atoms with Crippen LogP contribution in [-0.2, 0) is 11.2 Å². The lowest BCUT2D eigenvalue weighted by Gasteiger charge is -2.36. The highest BCUT2D eigenvalue weighted by Crippen LogP contribution is 2.21. The molecule has 2 aromatic carbocycles. The summed E-state index contributed by atoms with van der Waals surface area (Å²) in [5.41, 5.74) is 3.50. The maximum Gasteiger partial charge on any atom is 0.277 e. The van der Waals surface area contributed by atoms with Crippen molar-refractivity contribution in [3.05, 3.63) is 65.5 Å². The number of anilines is 1. The Labute approximate surface area is 186 Å². The second-order valence-corrected chi connectivity index (χ2v) is 8.41. The van der Waals surface area contributed by atoms with Gasteiger partial charge in [-0.3, -0.25) is 4.79 Å². The fraction of sp³-hybridized carbons (Fsp3) is 0.348. The van der Waals surface area contributed by atoms with Gasteiger partial charge in [0.05, 0.1) is 19.3 Å². The van der Waals surface area contributed by atoms with Crippen LogP contribution >= 0.6 is 11.8 Å². The standard InChI is InChI=1S/C23H26N4O3S/c1-17-5-3-7-19(13-17)26-9-11-27(12-10-26)22(28)16-31-23-25-24-21(30-23)15-18-6-4-8-20(14-18)29-2/h3-8,13-14H,9-12,15-16H2,1-2H3. The maximum atomic E-state index is 12.6. The first-order valence-electron chi connectivity index (χ1n) is 10.3. The predicted octanol–water partition coefficient (Wildman–Crippen LogP) is 3.42. The number of carbonyl (C=O) groups excluding carboxylic acids is 1. The number of aromatic nitrogens is 2. The normalized spacial score (nSPS) is 14.0. The van der Waals surface area contributed by atoms with Gasteiger partial charge in [-0.15, -0.1) is 10.2 Å². The molecule has 0 spiro atoms. The molecule has 8 heteroatoms. The minimum atomic E-state index is 0.0986. The lowest BCUT2D eigenvalue weighted by atomic mass is 10.1. The Hall–Kier alpha value is -3.00. The third-order valence-electron chi connectivity index (χ3n) is 5.26. The SMILES string of the molecule is COc1cccc(Cc2nnc(SCC(=O)N3CCN(c4cccc(C)c4)CC3)o2)c1. The second-order valence-electron chi connectivity index (χ2n) is 7.49. The number of rotatable bonds is 7. The molecular weight excluding hydrogens is 412 g/mol. The number of methoxy groups -OCH3 is 1. The van der Waals surface area contributed by atoms with Crippen LogP contribution in [-0.4, -0.2) is 60.0 Å². The number of hydrogen-bond donors (Lipinski definition) is 0. The van der Waals surface area contributed by atoms with E-state index in [1.165, 1.54) is 23.0 Å². The minimum Gasteiger partial charge on any atom is -0.497 e.